The van der Waals surface area contributed by atoms with Crippen molar-refractivity contribution in [1.29, 1.82) is 0 Å². The third-order valence-electron chi connectivity index (χ3n) is 3.40. The van der Waals surface area contributed by atoms with Gasteiger partial charge in [-0.1, -0.05) is 30.2 Å². The maximum atomic E-state index is 13.1. The van der Waals surface area contributed by atoms with Crippen LogP contribution in [0.3, 0.4) is 0 Å². The van der Waals surface area contributed by atoms with Gasteiger partial charge in [-0.05, 0) is 49.8 Å². The van der Waals surface area contributed by atoms with E-state index >= 15 is 0 Å². The van der Waals surface area contributed by atoms with Crippen molar-refractivity contribution in [3.05, 3.63) is 47.3 Å². The number of allylic oxidation sites excluding steroid dienone is 1. The van der Waals surface area contributed by atoms with Crippen molar-refractivity contribution in [2.75, 3.05) is 0 Å². The van der Waals surface area contributed by atoms with Gasteiger partial charge >= 0.3 is 0 Å². The summed E-state index contributed by atoms with van der Waals surface area (Å²) in [5, 5.41) is 0. The van der Waals surface area contributed by atoms with E-state index in [-0.39, 0.29) is 11.9 Å². The van der Waals surface area contributed by atoms with E-state index in [9.17, 15) is 4.39 Å². The summed E-state index contributed by atoms with van der Waals surface area (Å²) in [7, 11) is 0. The molecule has 1 aromatic carbocycles. The maximum absolute atomic E-state index is 13.1. The van der Waals surface area contributed by atoms with E-state index in [4.69, 9.17) is 5.73 Å². The van der Waals surface area contributed by atoms with E-state index in [2.05, 4.69) is 6.08 Å². The third-order valence-corrected chi connectivity index (χ3v) is 3.40. The van der Waals surface area contributed by atoms with Gasteiger partial charge < -0.3 is 5.73 Å². The van der Waals surface area contributed by atoms with Crippen molar-refractivity contribution >= 4 is 0 Å². The predicted octanol–water partition coefficient (Wildman–Crippen LogP) is 3.59. The molecule has 0 saturated heterocycles. The maximum Gasteiger partial charge on any atom is 0.123 e. The topological polar surface area (TPSA) is 26.0 Å². The Morgan fingerprint density at radius 3 is 2.94 bits per heavy atom. The monoisotopic (exact) mass is 233 g/mol. The highest BCUT2D eigenvalue weighted by Gasteiger charge is 2.12. The molecular formula is C15H20FN. The van der Waals surface area contributed by atoms with E-state index in [0.717, 1.165) is 24.8 Å². The number of halogens is 1. The van der Waals surface area contributed by atoms with Gasteiger partial charge in [-0.25, -0.2) is 4.39 Å². The lowest BCUT2D eigenvalue weighted by Gasteiger charge is -2.15. The lowest BCUT2D eigenvalue weighted by Crippen LogP contribution is -2.25. The normalized spacial score (nSPS) is 18.4. The van der Waals surface area contributed by atoms with Gasteiger partial charge in [0, 0.05) is 6.04 Å². The molecule has 0 saturated carbocycles. The highest BCUT2D eigenvalue weighted by Crippen LogP contribution is 2.21. The average molecular weight is 233 g/mol. The van der Waals surface area contributed by atoms with E-state index < -0.39 is 0 Å². The Kier molecular flexibility index (Phi) is 4.32. The fraction of sp³-hybridized carbons (Fsp3) is 0.467. The van der Waals surface area contributed by atoms with Crippen LogP contribution in [0.4, 0.5) is 4.39 Å². The second kappa shape index (κ2) is 5.97. The molecule has 1 aliphatic rings. The standard InChI is InChI=1S/C15H20FN/c16-14-9-5-6-12(10-14)11-15(17)13-7-3-1-2-4-8-13/h5-7,9-10,15H,1-4,8,11,17H2. The van der Waals surface area contributed by atoms with Gasteiger partial charge in [0.15, 0.2) is 0 Å². The first-order valence-electron chi connectivity index (χ1n) is 6.44. The van der Waals surface area contributed by atoms with Crippen molar-refractivity contribution in [2.24, 2.45) is 5.73 Å². The predicted molar refractivity (Wildman–Crippen MR) is 69.2 cm³/mol. The molecule has 0 spiro atoms. The Balaban J connectivity index is 2.00. The van der Waals surface area contributed by atoms with Gasteiger partial charge in [-0.3, -0.25) is 0 Å². The molecule has 1 atom stereocenters. The van der Waals surface area contributed by atoms with Crippen molar-refractivity contribution in [2.45, 2.75) is 44.6 Å². The summed E-state index contributed by atoms with van der Waals surface area (Å²) in [6.45, 7) is 0. The SMILES string of the molecule is NC(Cc1cccc(F)c1)C1=CCCCCC1. The van der Waals surface area contributed by atoms with Crippen LogP contribution in [-0.2, 0) is 6.42 Å². The Bertz CT molecular complexity index is 398. The number of nitrogens with two attached hydrogens (primary N) is 1. The molecule has 0 aromatic heterocycles. The Morgan fingerprint density at radius 2 is 2.12 bits per heavy atom. The molecule has 0 fully saturated rings. The number of benzene rings is 1. The van der Waals surface area contributed by atoms with Crippen LogP contribution in [0.25, 0.3) is 0 Å². The van der Waals surface area contributed by atoms with Crippen LogP contribution < -0.4 is 5.73 Å². The number of hydrogen-bond donors (Lipinski definition) is 1. The van der Waals surface area contributed by atoms with Crippen LogP contribution in [0, 0.1) is 5.82 Å². The molecule has 2 N–H and O–H groups in total. The smallest absolute Gasteiger partial charge is 0.123 e. The molecule has 0 amide bonds. The zero-order chi connectivity index (χ0) is 12.1. The molecule has 17 heavy (non-hydrogen) atoms. The summed E-state index contributed by atoms with van der Waals surface area (Å²) in [6.07, 6.45) is 9.09. The zero-order valence-corrected chi connectivity index (χ0v) is 10.2. The summed E-state index contributed by atoms with van der Waals surface area (Å²) < 4.78 is 13.1. The van der Waals surface area contributed by atoms with Crippen molar-refractivity contribution in [3.8, 4) is 0 Å². The second-order valence-electron chi connectivity index (χ2n) is 4.82. The molecule has 0 bridgehead atoms. The van der Waals surface area contributed by atoms with Crippen LogP contribution in [-0.4, -0.2) is 6.04 Å². The van der Waals surface area contributed by atoms with Crippen LogP contribution in [0.1, 0.15) is 37.7 Å². The summed E-state index contributed by atoms with van der Waals surface area (Å²) >= 11 is 0. The molecule has 0 radical (unpaired) electrons. The Labute approximate surface area is 103 Å². The van der Waals surface area contributed by atoms with E-state index in [1.54, 1.807) is 12.1 Å². The fourth-order valence-corrected chi connectivity index (χ4v) is 2.43. The molecule has 92 valence electrons. The zero-order valence-electron chi connectivity index (χ0n) is 10.2. The quantitative estimate of drug-likeness (QED) is 0.793. The van der Waals surface area contributed by atoms with Gasteiger partial charge in [0.25, 0.3) is 0 Å². The minimum Gasteiger partial charge on any atom is -0.324 e. The minimum atomic E-state index is -0.176. The van der Waals surface area contributed by atoms with Gasteiger partial charge in [0.1, 0.15) is 5.82 Å². The first kappa shape index (κ1) is 12.3. The third kappa shape index (κ3) is 3.67. The van der Waals surface area contributed by atoms with Crippen LogP contribution in [0.5, 0.6) is 0 Å². The van der Waals surface area contributed by atoms with Crippen molar-refractivity contribution in [3.63, 3.8) is 0 Å². The van der Waals surface area contributed by atoms with E-state index in [1.165, 1.54) is 30.9 Å². The largest absolute Gasteiger partial charge is 0.324 e. The lowest BCUT2D eigenvalue weighted by molar-refractivity contribution is 0.622. The molecule has 2 rings (SSSR count). The number of rotatable bonds is 3. The van der Waals surface area contributed by atoms with Crippen molar-refractivity contribution < 1.29 is 4.39 Å². The van der Waals surface area contributed by atoms with Crippen molar-refractivity contribution in [1.82, 2.24) is 0 Å². The van der Waals surface area contributed by atoms with Crippen LogP contribution >= 0.6 is 0 Å². The van der Waals surface area contributed by atoms with E-state index in [1.807, 2.05) is 6.07 Å². The van der Waals surface area contributed by atoms with Gasteiger partial charge in [0.2, 0.25) is 0 Å². The lowest BCUT2D eigenvalue weighted by atomic mass is 9.96. The summed E-state index contributed by atoms with van der Waals surface area (Å²) in [6, 6.07) is 6.80. The minimum absolute atomic E-state index is 0.0508. The van der Waals surface area contributed by atoms with Gasteiger partial charge in [-0.15, -0.1) is 0 Å². The molecule has 0 heterocycles. The van der Waals surface area contributed by atoms with Crippen LogP contribution in [0.2, 0.25) is 0 Å². The Hall–Kier alpha value is -1.15. The summed E-state index contributed by atoms with van der Waals surface area (Å²) in [5.41, 5.74) is 8.55. The fourth-order valence-electron chi connectivity index (χ4n) is 2.43. The van der Waals surface area contributed by atoms with Gasteiger partial charge in [0.05, 0.1) is 0 Å². The molecule has 2 heteroatoms. The first-order valence-corrected chi connectivity index (χ1v) is 6.44. The molecule has 1 aromatic rings. The van der Waals surface area contributed by atoms with Crippen LogP contribution in [0.15, 0.2) is 35.9 Å². The molecule has 1 unspecified atom stereocenters. The molecule has 0 aliphatic heterocycles. The highest BCUT2D eigenvalue weighted by atomic mass is 19.1. The van der Waals surface area contributed by atoms with Gasteiger partial charge in [-0.2, -0.15) is 0 Å². The number of hydrogen-bond acceptors (Lipinski definition) is 1. The highest BCUT2D eigenvalue weighted by molar-refractivity contribution is 5.21. The Morgan fingerprint density at radius 1 is 1.24 bits per heavy atom. The first-order chi connectivity index (χ1) is 8.25. The average Bonchev–Trinajstić information content (AvgIpc) is 2.57. The summed E-state index contributed by atoms with van der Waals surface area (Å²) in [4.78, 5) is 0. The second-order valence-corrected chi connectivity index (χ2v) is 4.82. The molecular weight excluding hydrogens is 213 g/mol. The molecule has 1 aliphatic carbocycles. The summed E-state index contributed by atoms with van der Waals surface area (Å²) in [5.74, 6) is -0.176. The molecule has 1 nitrogen and oxygen atoms in total. The van der Waals surface area contributed by atoms with E-state index in [0.29, 0.717) is 0 Å².